The minimum absolute atomic E-state index is 0.176. The summed E-state index contributed by atoms with van der Waals surface area (Å²) in [4.78, 5) is 0. The van der Waals surface area contributed by atoms with E-state index in [-0.39, 0.29) is 6.10 Å². The maximum atomic E-state index is 5.87. The highest BCUT2D eigenvalue weighted by Gasteiger charge is 2.23. The van der Waals surface area contributed by atoms with Crippen molar-refractivity contribution in [2.75, 3.05) is 25.6 Å². The molecule has 17 heavy (non-hydrogen) atoms. The lowest BCUT2D eigenvalue weighted by molar-refractivity contribution is -0.0797. The van der Waals surface area contributed by atoms with E-state index in [1.165, 1.54) is 12.8 Å². The van der Waals surface area contributed by atoms with Crippen LogP contribution in [0, 0.1) is 5.92 Å². The Bertz CT molecular complexity index is 400. The van der Waals surface area contributed by atoms with Crippen LogP contribution < -0.4 is 15.2 Å². The molecule has 1 saturated heterocycles. The third-order valence-electron chi connectivity index (χ3n) is 3.07. The molecule has 2 N–H and O–H groups in total. The predicted molar refractivity (Wildman–Crippen MR) is 64.3 cm³/mol. The summed E-state index contributed by atoms with van der Waals surface area (Å²) in [5.74, 6) is 2.26. The fourth-order valence-electron chi connectivity index (χ4n) is 1.68. The molecular formula is C13H17NO3. The molecule has 2 aliphatic rings. The fraction of sp³-hybridized carbons (Fsp3) is 0.538. The number of hydrogen-bond donors (Lipinski definition) is 1. The Hall–Kier alpha value is -1.42. The first kappa shape index (κ1) is 10.7. The lowest BCUT2D eigenvalue weighted by atomic mass is 10.2. The van der Waals surface area contributed by atoms with Crippen LogP contribution in [0.4, 0.5) is 5.69 Å². The van der Waals surface area contributed by atoms with Crippen LogP contribution in [0.15, 0.2) is 18.2 Å². The van der Waals surface area contributed by atoms with E-state index in [0.29, 0.717) is 18.9 Å². The molecular weight excluding hydrogens is 218 g/mol. The highest BCUT2D eigenvalue weighted by atomic mass is 16.6. The van der Waals surface area contributed by atoms with E-state index in [1.54, 1.807) is 0 Å². The Balaban J connectivity index is 1.64. The minimum atomic E-state index is 0.176. The number of rotatable bonds is 5. The van der Waals surface area contributed by atoms with Gasteiger partial charge in [0, 0.05) is 6.07 Å². The fourth-order valence-corrected chi connectivity index (χ4v) is 1.68. The standard InChI is InChI=1S/C13H17NO3/c14-12-4-3-10(17-11-7-15-8-11)5-13(12)16-6-9-1-2-9/h3-5,9,11H,1-2,6-8,14H2. The maximum absolute atomic E-state index is 5.87. The predicted octanol–water partition coefficient (Wildman–Crippen LogP) is 1.84. The molecule has 0 spiro atoms. The highest BCUT2D eigenvalue weighted by molar-refractivity contribution is 5.55. The summed E-state index contributed by atoms with van der Waals surface area (Å²) in [6.07, 6.45) is 2.72. The van der Waals surface area contributed by atoms with E-state index >= 15 is 0 Å². The smallest absolute Gasteiger partial charge is 0.145 e. The zero-order valence-corrected chi connectivity index (χ0v) is 9.72. The van der Waals surface area contributed by atoms with Gasteiger partial charge < -0.3 is 19.9 Å². The molecule has 1 heterocycles. The van der Waals surface area contributed by atoms with Gasteiger partial charge in [0.05, 0.1) is 25.5 Å². The van der Waals surface area contributed by atoms with Gasteiger partial charge in [-0.25, -0.2) is 0 Å². The molecule has 3 rings (SSSR count). The van der Waals surface area contributed by atoms with E-state index in [4.69, 9.17) is 19.9 Å². The molecule has 1 aromatic carbocycles. The van der Waals surface area contributed by atoms with Crippen LogP contribution in [0.25, 0.3) is 0 Å². The second-order valence-electron chi connectivity index (χ2n) is 4.73. The van der Waals surface area contributed by atoms with Crippen LogP contribution in [0.2, 0.25) is 0 Å². The molecule has 1 aliphatic carbocycles. The maximum Gasteiger partial charge on any atom is 0.145 e. The second kappa shape index (κ2) is 4.45. The molecule has 92 valence electrons. The lowest BCUT2D eigenvalue weighted by Crippen LogP contribution is -2.38. The van der Waals surface area contributed by atoms with Gasteiger partial charge in [-0.2, -0.15) is 0 Å². The molecule has 1 saturated carbocycles. The van der Waals surface area contributed by atoms with E-state index < -0.39 is 0 Å². The topological polar surface area (TPSA) is 53.7 Å². The summed E-state index contributed by atoms with van der Waals surface area (Å²) in [7, 11) is 0. The summed E-state index contributed by atoms with van der Waals surface area (Å²) >= 11 is 0. The van der Waals surface area contributed by atoms with Crippen LogP contribution in [0.1, 0.15) is 12.8 Å². The van der Waals surface area contributed by atoms with Crippen molar-refractivity contribution in [1.29, 1.82) is 0 Å². The van der Waals surface area contributed by atoms with Gasteiger partial charge in [0.2, 0.25) is 0 Å². The highest BCUT2D eigenvalue weighted by Crippen LogP contribution is 2.33. The van der Waals surface area contributed by atoms with Crippen molar-refractivity contribution < 1.29 is 14.2 Å². The zero-order valence-electron chi connectivity index (χ0n) is 9.72. The Morgan fingerprint density at radius 1 is 1.29 bits per heavy atom. The number of hydrogen-bond acceptors (Lipinski definition) is 4. The quantitative estimate of drug-likeness (QED) is 0.791. The monoisotopic (exact) mass is 235 g/mol. The van der Waals surface area contributed by atoms with Gasteiger partial charge in [0.15, 0.2) is 0 Å². The van der Waals surface area contributed by atoms with E-state index in [2.05, 4.69) is 0 Å². The molecule has 0 radical (unpaired) electrons. The summed E-state index contributed by atoms with van der Waals surface area (Å²) in [5, 5.41) is 0. The van der Waals surface area contributed by atoms with Gasteiger partial charge in [0.1, 0.15) is 17.6 Å². The minimum Gasteiger partial charge on any atom is -0.491 e. The third-order valence-corrected chi connectivity index (χ3v) is 3.07. The van der Waals surface area contributed by atoms with Gasteiger partial charge in [-0.1, -0.05) is 0 Å². The SMILES string of the molecule is Nc1ccc(OC2COC2)cc1OCC1CC1. The van der Waals surface area contributed by atoms with Crippen molar-refractivity contribution >= 4 is 5.69 Å². The zero-order chi connectivity index (χ0) is 11.7. The molecule has 0 amide bonds. The summed E-state index contributed by atoms with van der Waals surface area (Å²) in [6, 6.07) is 5.57. The first-order valence-corrected chi connectivity index (χ1v) is 6.08. The van der Waals surface area contributed by atoms with Crippen LogP contribution in [0.3, 0.4) is 0 Å². The Kier molecular flexibility index (Phi) is 2.81. The number of ether oxygens (including phenoxy) is 3. The summed E-state index contributed by atoms with van der Waals surface area (Å²) in [6.45, 7) is 2.10. The van der Waals surface area contributed by atoms with Crippen molar-refractivity contribution in [3.63, 3.8) is 0 Å². The average molecular weight is 235 g/mol. The molecule has 1 aliphatic heterocycles. The Morgan fingerprint density at radius 3 is 2.76 bits per heavy atom. The summed E-state index contributed by atoms with van der Waals surface area (Å²) < 4.78 is 16.5. The first-order chi connectivity index (χ1) is 8.31. The molecule has 0 aromatic heterocycles. The normalized spacial score (nSPS) is 19.8. The largest absolute Gasteiger partial charge is 0.491 e. The van der Waals surface area contributed by atoms with Crippen molar-refractivity contribution in [3.05, 3.63) is 18.2 Å². The van der Waals surface area contributed by atoms with Crippen molar-refractivity contribution in [2.45, 2.75) is 18.9 Å². The number of anilines is 1. The number of benzene rings is 1. The van der Waals surface area contributed by atoms with Gasteiger partial charge in [-0.3, -0.25) is 0 Å². The van der Waals surface area contributed by atoms with Crippen LogP contribution >= 0.6 is 0 Å². The van der Waals surface area contributed by atoms with Crippen molar-refractivity contribution in [2.24, 2.45) is 5.92 Å². The van der Waals surface area contributed by atoms with Gasteiger partial charge in [-0.05, 0) is 30.9 Å². The number of nitrogens with two attached hydrogens (primary N) is 1. The second-order valence-corrected chi connectivity index (χ2v) is 4.73. The molecule has 0 unspecified atom stereocenters. The molecule has 2 fully saturated rings. The van der Waals surface area contributed by atoms with Gasteiger partial charge in [-0.15, -0.1) is 0 Å². The van der Waals surface area contributed by atoms with E-state index in [1.807, 2.05) is 18.2 Å². The molecule has 1 aromatic rings. The lowest BCUT2D eigenvalue weighted by Gasteiger charge is -2.27. The third kappa shape index (κ3) is 2.64. The van der Waals surface area contributed by atoms with Crippen LogP contribution in [-0.4, -0.2) is 25.9 Å². The van der Waals surface area contributed by atoms with Gasteiger partial charge >= 0.3 is 0 Å². The van der Waals surface area contributed by atoms with E-state index in [0.717, 1.165) is 24.0 Å². The molecule has 4 heteroatoms. The molecule has 0 atom stereocenters. The first-order valence-electron chi connectivity index (χ1n) is 6.08. The van der Waals surface area contributed by atoms with Gasteiger partial charge in [0.25, 0.3) is 0 Å². The number of nitrogen functional groups attached to an aromatic ring is 1. The summed E-state index contributed by atoms with van der Waals surface area (Å²) in [5.41, 5.74) is 6.54. The van der Waals surface area contributed by atoms with Crippen molar-refractivity contribution in [1.82, 2.24) is 0 Å². The molecule has 0 bridgehead atoms. The van der Waals surface area contributed by atoms with Crippen molar-refractivity contribution in [3.8, 4) is 11.5 Å². The molecule has 4 nitrogen and oxygen atoms in total. The van der Waals surface area contributed by atoms with E-state index in [9.17, 15) is 0 Å². The Labute approximate surface area is 101 Å². The van der Waals surface area contributed by atoms with Crippen LogP contribution in [-0.2, 0) is 4.74 Å². The Morgan fingerprint density at radius 2 is 2.12 bits per heavy atom. The van der Waals surface area contributed by atoms with Crippen LogP contribution in [0.5, 0.6) is 11.5 Å². The average Bonchev–Trinajstić information content (AvgIpc) is 3.07.